The van der Waals surface area contributed by atoms with Crippen molar-refractivity contribution in [2.45, 2.75) is 44.8 Å². The Balaban J connectivity index is 1.91. The van der Waals surface area contributed by atoms with E-state index in [1.54, 1.807) is 0 Å². The van der Waals surface area contributed by atoms with Crippen molar-refractivity contribution in [2.75, 3.05) is 12.4 Å². The molecule has 1 aromatic rings. The Morgan fingerprint density at radius 1 is 1.19 bits per heavy atom. The van der Waals surface area contributed by atoms with Crippen LogP contribution in [0.15, 0.2) is 24.3 Å². The van der Waals surface area contributed by atoms with Gasteiger partial charge >= 0.3 is 0 Å². The summed E-state index contributed by atoms with van der Waals surface area (Å²) in [6.45, 7) is 2.12. The molecular weight excluding hydrogens is 198 g/mol. The fourth-order valence-electron chi connectivity index (χ4n) is 2.38. The maximum absolute atomic E-state index is 5.44. The van der Waals surface area contributed by atoms with E-state index in [1.807, 2.05) is 7.11 Å². The summed E-state index contributed by atoms with van der Waals surface area (Å²) in [7, 11) is 1.82. The van der Waals surface area contributed by atoms with Gasteiger partial charge in [0.05, 0.1) is 6.10 Å². The molecule has 0 saturated heterocycles. The first-order valence-electron chi connectivity index (χ1n) is 6.14. The molecule has 0 aliphatic heterocycles. The summed E-state index contributed by atoms with van der Waals surface area (Å²) in [5, 5.41) is 3.59. The summed E-state index contributed by atoms with van der Waals surface area (Å²) in [5.74, 6) is 0. The Bertz CT molecular complexity index is 320. The van der Waals surface area contributed by atoms with Gasteiger partial charge in [0.2, 0.25) is 0 Å². The van der Waals surface area contributed by atoms with Crippen LogP contribution >= 0.6 is 0 Å². The zero-order chi connectivity index (χ0) is 11.4. The largest absolute Gasteiger partial charge is 0.382 e. The van der Waals surface area contributed by atoms with E-state index in [1.165, 1.54) is 30.5 Å². The molecule has 0 aromatic heterocycles. The molecule has 0 spiro atoms. The molecule has 0 heterocycles. The zero-order valence-corrected chi connectivity index (χ0v) is 10.2. The van der Waals surface area contributed by atoms with Crippen molar-refractivity contribution in [3.63, 3.8) is 0 Å². The minimum Gasteiger partial charge on any atom is -0.382 e. The quantitative estimate of drug-likeness (QED) is 0.841. The van der Waals surface area contributed by atoms with Crippen LogP contribution in [0.3, 0.4) is 0 Å². The lowest BCUT2D eigenvalue weighted by atomic mass is 9.92. The van der Waals surface area contributed by atoms with Crippen molar-refractivity contribution in [1.82, 2.24) is 0 Å². The summed E-state index contributed by atoms with van der Waals surface area (Å²) < 4.78 is 5.44. The van der Waals surface area contributed by atoms with E-state index in [9.17, 15) is 0 Å². The van der Waals surface area contributed by atoms with Crippen LogP contribution in [0.1, 0.15) is 31.2 Å². The second-order valence-electron chi connectivity index (χ2n) is 4.73. The lowest BCUT2D eigenvalue weighted by Crippen LogP contribution is -2.30. The van der Waals surface area contributed by atoms with E-state index in [4.69, 9.17) is 4.74 Å². The number of hydrogen-bond acceptors (Lipinski definition) is 2. The normalized spacial score (nSPS) is 25.4. The van der Waals surface area contributed by atoms with Crippen molar-refractivity contribution in [3.05, 3.63) is 29.8 Å². The van der Waals surface area contributed by atoms with Crippen LogP contribution in [0, 0.1) is 6.92 Å². The molecule has 2 nitrogen and oxygen atoms in total. The highest BCUT2D eigenvalue weighted by Crippen LogP contribution is 2.23. The number of aryl methyl sites for hydroxylation is 1. The Kier molecular flexibility index (Phi) is 3.83. The summed E-state index contributed by atoms with van der Waals surface area (Å²) >= 11 is 0. The highest BCUT2D eigenvalue weighted by atomic mass is 16.5. The summed E-state index contributed by atoms with van der Waals surface area (Å²) in [5.41, 5.74) is 2.54. The van der Waals surface area contributed by atoms with Gasteiger partial charge in [-0.15, -0.1) is 0 Å². The van der Waals surface area contributed by atoms with E-state index < -0.39 is 0 Å². The van der Waals surface area contributed by atoms with E-state index >= 15 is 0 Å². The van der Waals surface area contributed by atoms with Crippen molar-refractivity contribution in [2.24, 2.45) is 0 Å². The molecule has 1 saturated carbocycles. The maximum Gasteiger partial charge on any atom is 0.0590 e. The molecule has 2 unspecified atom stereocenters. The minimum atomic E-state index is 0.441. The first-order valence-corrected chi connectivity index (χ1v) is 6.14. The first-order chi connectivity index (χ1) is 7.78. The van der Waals surface area contributed by atoms with Gasteiger partial charge in [-0.1, -0.05) is 17.7 Å². The van der Waals surface area contributed by atoms with E-state index in [0.717, 1.165) is 6.42 Å². The van der Waals surface area contributed by atoms with Gasteiger partial charge < -0.3 is 10.1 Å². The Morgan fingerprint density at radius 3 is 2.62 bits per heavy atom. The molecule has 1 aliphatic rings. The number of ether oxygens (including phenoxy) is 1. The molecule has 1 aliphatic carbocycles. The highest BCUT2D eigenvalue weighted by molar-refractivity contribution is 5.45. The smallest absolute Gasteiger partial charge is 0.0590 e. The molecular formula is C14H21NO. The summed E-state index contributed by atoms with van der Waals surface area (Å²) in [6.07, 6.45) is 5.31. The predicted octanol–water partition coefficient (Wildman–Crippen LogP) is 3.36. The van der Waals surface area contributed by atoms with Crippen LogP contribution in [-0.2, 0) is 4.74 Å². The zero-order valence-electron chi connectivity index (χ0n) is 10.2. The predicted molar refractivity (Wildman–Crippen MR) is 67.9 cm³/mol. The second-order valence-corrected chi connectivity index (χ2v) is 4.73. The van der Waals surface area contributed by atoms with Gasteiger partial charge in [-0.2, -0.15) is 0 Å². The second kappa shape index (κ2) is 5.35. The molecule has 1 aromatic carbocycles. The van der Waals surface area contributed by atoms with Crippen LogP contribution in [0.5, 0.6) is 0 Å². The lowest BCUT2D eigenvalue weighted by molar-refractivity contribution is 0.0669. The summed E-state index contributed by atoms with van der Waals surface area (Å²) in [4.78, 5) is 0. The molecule has 0 bridgehead atoms. The standard InChI is InChI=1S/C14H21NO/c1-11-6-8-12(9-7-11)15-13-4-3-5-14(10-13)16-2/h6-9,13-15H,3-5,10H2,1-2H3. The van der Waals surface area contributed by atoms with Gasteiger partial charge in [-0.3, -0.25) is 0 Å². The topological polar surface area (TPSA) is 21.3 Å². The third-order valence-corrected chi connectivity index (χ3v) is 3.38. The number of nitrogens with one attached hydrogen (secondary N) is 1. The van der Waals surface area contributed by atoms with Crippen molar-refractivity contribution in [3.8, 4) is 0 Å². The van der Waals surface area contributed by atoms with E-state index in [-0.39, 0.29) is 0 Å². The van der Waals surface area contributed by atoms with Crippen molar-refractivity contribution >= 4 is 5.69 Å². The van der Waals surface area contributed by atoms with E-state index in [2.05, 4.69) is 36.5 Å². The van der Waals surface area contributed by atoms with Crippen LogP contribution < -0.4 is 5.32 Å². The molecule has 1 fully saturated rings. The molecule has 2 atom stereocenters. The van der Waals surface area contributed by atoms with Crippen LogP contribution in [0.2, 0.25) is 0 Å². The SMILES string of the molecule is COC1CCCC(Nc2ccc(C)cc2)C1. The van der Waals surface area contributed by atoms with Crippen LogP contribution in [-0.4, -0.2) is 19.3 Å². The Hall–Kier alpha value is -1.02. The molecule has 2 heteroatoms. The molecule has 88 valence electrons. The number of rotatable bonds is 3. The minimum absolute atomic E-state index is 0.441. The molecule has 1 N–H and O–H groups in total. The van der Waals surface area contributed by atoms with Gasteiger partial charge in [0.1, 0.15) is 0 Å². The van der Waals surface area contributed by atoms with E-state index in [0.29, 0.717) is 12.1 Å². The average molecular weight is 219 g/mol. The third-order valence-electron chi connectivity index (χ3n) is 3.38. The Labute approximate surface area is 98.0 Å². The number of methoxy groups -OCH3 is 1. The van der Waals surface area contributed by atoms with Gasteiger partial charge in [0.15, 0.2) is 0 Å². The maximum atomic E-state index is 5.44. The Morgan fingerprint density at radius 2 is 1.94 bits per heavy atom. The molecule has 0 amide bonds. The van der Waals surface area contributed by atoms with Crippen molar-refractivity contribution in [1.29, 1.82) is 0 Å². The fourth-order valence-corrected chi connectivity index (χ4v) is 2.38. The van der Waals surface area contributed by atoms with Crippen LogP contribution in [0.4, 0.5) is 5.69 Å². The monoisotopic (exact) mass is 219 g/mol. The van der Waals surface area contributed by atoms with Crippen LogP contribution in [0.25, 0.3) is 0 Å². The molecule has 0 radical (unpaired) electrons. The lowest BCUT2D eigenvalue weighted by Gasteiger charge is -2.29. The fraction of sp³-hybridized carbons (Fsp3) is 0.571. The molecule has 2 rings (SSSR count). The van der Waals surface area contributed by atoms with Gasteiger partial charge in [0.25, 0.3) is 0 Å². The first kappa shape index (κ1) is 11.5. The number of anilines is 1. The van der Waals surface area contributed by atoms with Gasteiger partial charge in [-0.25, -0.2) is 0 Å². The van der Waals surface area contributed by atoms with Gasteiger partial charge in [0, 0.05) is 18.8 Å². The molecule has 16 heavy (non-hydrogen) atoms. The third kappa shape index (κ3) is 2.99. The number of benzene rings is 1. The van der Waals surface area contributed by atoms with Gasteiger partial charge in [-0.05, 0) is 44.7 Å². The highest BCUT2D eigenvalue weighted by Gasteiger charge is 2.21. The average Bonchev–Trinajstić information content (AvgIpc) is 2.32. The number of hydrogen-bond donors (Lipinski definition) is 1. The van der Waals surface area contributed by atoms with Crippen molar-refractivity contribution < 1.29 is 4.74 Å². The summed E-state index contributed by atoms with van der Waals surface area (Å²) in [6, 6.07) is 9.19.